The average Bonchev–Trinajstić information content (AvgIpc) is 2.56. The van der Waals surface area contributed by atoms with Gasteiger partial charge in [0.15, 0.2) is 0 Å². The third-order valence-electron chi connectivity index (χ3n) is 2.32. The first-order chi connectivity index (χ1) is 6.22. The Morgan fingerprint density at radius 3 is 3.08 bits per heavy atom. The normalized spacial score (nSPS) is 23.1. The molecule has 74 valence electrons. The van der Waals surface area contributed by atoms with Gasteiger partial charge in [-0.25, -0.2) is 0 Å². The lowest BCUT2D eigenvalue weighted by molar-refractivity contribution is -0.122. The maximum atomic E-state index is 11.4. The SMILES string of the molecule is C[C@H](CN)NC(=O)CC1C=CCC1. The van der Waals surface area contributed by atoms with Gasteiger partial charge in [-0.05, 0) is 25.7 Å². The monoisotopic (exact) mass is 182 g/mol. The van der Waals surface area contributed by atoms with Gasteiger partial charge in [-0.3, -0.25) is 4.79 Å². The fourth-order valence-electron chi connectivity index (χ4n) is 1.50. The maximum absolute atomic E-state index is 11.4. The molecule has 13 heavy (non-hydrogen) atoms. The van der Waals surface area contributed by atoms with Crippen molar-refractivity contribution in [3.8, 4) is 0 Å². The van der Waals surface area contributed by atoms with Crippen LogP contribution in [0, 0.1) is 5.92 Å². The number of carbonyl (C=O) groups is 1. The number of rotatable bonds is 4. The molecule has 0 spiro atoms. The Balaban J connectivity index is 2.20. The molecular formula is C10H18N2O. The molecule has 1 rings (SSSR count). The van der Waals surface area contributed by atoms with Gasteiger partial charge in [-0.2, -0.15) is 0 Å². The highest BCUT2D eigenvalue weighted by Gasteiger charge is 2.14. The standard InChI is InChI=1S/C10H18N2O/c1-8(7-11)12-10(13)6-9-4-2-3-5-9/h2,4,8-9H,3,5-7,11H2,1H3,(H,12,13)/t8-,9?/m1/s1. The van der Waals surface area contributed by atoms with Crippen LogP contribution in [0.1, 0.15) is 26.2 Å². The first-order valence-corrected chi connectivity index (χ1v) is 4.88. The fourth-order valence-corrected chi connectivity index (χ4v) is 1.50. The van der Waals surface area contributed by atoms with E-state index in [1.807, 2.05) is 6.92 Å². The molecule has 0 aromatic carbocycles. The quantitative estimate of drug-likeness (QED) is 0.632. The summed E-state index contributed by atoms with van der Waals surface area (Å²) in [4.78, 5) is 11.4. The van der Waals surface area contributed by atoms with E-state index in [1.54, 1.807) is 0 Å². The Hall–Kier alpha value is -0.830. The van der Waals surface area contributed by atoms with E-state index < -0.39 is 0 Å². The van der Waals surface area contributed by atoms with Gasteiger partial charge in [-0.1, -0.05) is 12.2 Å². The van der Waals surface area contributed by atoms with E-state index in [0.29, 0.717) is 18.9 Å². The zero-order chi connectivity index (χ0) is 9.68. The average molecular weight is 182 g/mol. The van der Waals surface area contributed by atoms with Crippen LogP contribution in [-0.2, 0) is 4.79 Å². The Morgan fingerprint density at radius 1 is 1.77 bits per heavy atom. The van der Waals surface area contributed by atoms with Gasteiger partial charge in [0.05, 0.1) is 0 Å². The van der Waals surface area contributed by atoms with E-state index in [4.69, 9.17) is 5.73 Å². The summed E-state index contributed by atoms with van der Waals surface area (Å²) in [5.41, 5.74) is 5.40. The van der Waals surface area contributed by atoms with Gasteiger partial charge in [0.2, 0.25) is 5.91 Å². The molecule has 0 aromatic heterocycles. The van der Waals surface area contributed by atoms with Crippen LogP contribution in [0.5, 0.6) is 0 Å². The van der Waals surface area contributed by atoms with E-state index in [2.05, 4.69) is 17.5 Å². The van der Waals surface area contributed by atoms with Crippen molar-refractivity contribution in [3.05, 3.63) is 12.2 Å². The molecule has 0 heterocycles. The van der Waals surface area contributed by atoms with Crippen molar-refractivity contribution in [1.82, 2.24) is 5.32 Å². The minimum absolute atomic E-state index is 0.0953. The highest BCUT2D eigenvalue weighted by molar-refractivity contribution is 5.76. The molecule has 0 bridgehead atoms. The molecule has 2 atom stereocenters. The Bertz CT molecular complexity index is 201. The third kappa shape index (κ3) is 3.59. The van der Waals surface area contributed by atoms with Crippen LogP contribution in [0.4, 0.5) is 0 Å². The number of nitrogens with one attached hydrogen (secondary N) is 1. The number of amides is 1. The van der Waals surface area contributed by atoms with Gasteiger partial charge in [0, 0.05) is 19.0 Å². The minimum atomic E-state index is 0.0953. The summed E-state index contributed by atoms with van der Waals surface area (Å²) in [6.45, 7) is 2.43. The molecule has 0 aliphatic heterocycles. The van der Waals surface area contributed by atoms with Crippen LogP contribution in [-0.4, -0.2) is 18.5 Å². The molecule has 0 fully saturated rings. The van der Waals surface area contributed by atoms with E-state index >= 15 is 0 Å². The van der Waals surface area contributed by atoms with Crippen molar-refractivity contribution >= 4 is 5.91 Å². The second-order valence-electron chi connectivity index (χ2n) is 3.67. The minimum Gasteiger partial charge on any atom is -0.352 e. The van der Waals surface area contributed by atoms with Gasteiger partial charge in [0.1, 0.15) is 0 Å². The zero-order valence-electron chi connectivity index (χ0n) is 8.12. The van der Waals surface area contributed by atoms with Crippen LogP contribution in [0.2, 0.25) is 0 Å². The highest BCUT2D eigenvalue weighted by Crippen LogP contribution is 2.19. The second-order valence-corrected chi connectivity index (χ2v) is 3.67. The number of allylic oxidation sites excluding steroid dienone is 2. The largest absolute Gasteiger partial charge is 0.352 e. The van der Waals surface area contributed by atoms with Crippen LogP contribution in [0.25, 0.3) is 0 Å². The zero-order valence-corrected chi connectivity index (χ0v) is 8.12. The predicted octanol–water partition coefficient (Wildman–Crippen LogP) is 0.806. The molecule has 3 N–H and O–H groups in total. The number of hydrogen-bond acceptors (Lipinski definition) is 2. The predicted molar refractivity (Wildman–Crippen MR) is 53.1 cm³/mol. The summed E-state index contributed by atoms with van der Waals surface area (Å²) in [5.74, 6) is 0.569. The Morgan fingerprint density at radius 2 is 2.54 bits per heavy atom. The van der Waals surface area contributed by atoms with Crippen molar-refractivity contribution in [3.63, 3.8) is 0 Å². The molecule has 1 aliphatic rings. The number of hydrogen-bond donors (Lipinski definition) is 2. The summed E-state index contributed by atoms with van der Waals surface area (Å²) < 4.78 is 0. The van der Waals surface area contributed by atoms with Crippen molar-refractivity contribution in [2.45, 2.75) is 32.2 Å². The molecule has 3 nitrogen and oxygen atoms in total. The van der Waals surface area contributed by atoms with E-state index in [0.717, 1.165) is 12.8 Å². The first kappa shape index (κ1) is 10.3. The molecule has 0 aromatic rings. The Labute approximate surface area is 79.4 Å². The van der Waals surface area contributed by atoms with Crippen LogP contribution in [0.15, 0.2) is 12.2 Å². The smallest absolute Gasteiger partial charge is 0.220 e. The Kier molecular flexibility index (Phi) is 3.96. The van der Waals surface area contributed by atoms with Gasteiger partial charge in [-0.15, -0.1) is 0 Å². The number of carbonyl (C=O) groups excluding carboxylic acids is 1. The van der Waals surface area contributed by atoms with Gasteiger partial charge in [0.25, 0.3) is 0 Å². The fraction of sp³-hybridized carbons (Fsp3) is 0.700. The summed E-state index contributed by atoms with van der Waals surface area (Å²) in [6, 6.07) is 0.0953. The van der Waals surface area contributed by atoms with Crippen molar-refractivity contribution in [2.75, 3.05) is 6.54 Å². The molecule has 0 radical (unpaired) electrons. The highest BCUT2D eigenvalue weighted by atomic mass is 16.1. The molecule has 3 heteroatoms. The van der Waals surface area contributed by atoms with Crippen molar-refractivity contribution in [2.24, 2.45) is 11.7 Å². The summed E-state index contributed by atoms with van der Waals surface area (Å²) in [7, 11) is 0. The van der Waals surface area contributed by atoms with E-state index in [9.17, 15) is 4.79 Å². The maximum Gasteiger partial charge on any atom is 0.220 e. The summed E-state index contributed by atoms with van der Waals surface area (Å²) >= 11 is 0. The van der Waals surface area contributed by atoms with Gasteiger partial charge >= 0.3 is 0 Å². The molecule has 0 saturated heterocycles. The molecule has 0 saturated carbocycles. The topological polar surface area (TPSA) is 55.1 Å². The van der Waals surface area contributed by atoms with Crippen LogP contribution < -0.4 is 11.1 Å². The number of nitrogens with two attached hydrogens (primary N) is 1. The summed E-state index contributed by atoms with van der Waals surface area (Å²) in [6.07, 6.45) is 7.12. The van der Waals surface area contributed by atoms with E-state index in [-0.39, 0.29) is 11.9 Å². The summed E-state index contributed by atoms with van der Waals surface area (Å²) in [5, 5.41) is 2.86. The van der Waals surface area contributed by atoms with Crippen LogP contribution in [0.3, 0.4) is 0 Å². The lowest BCUT2D eigenvalue weighted by Crippen LogP contribution is -2.38. The van der Waals surface area contributed by atoms with Crippen molar-refractivity contribution < 1.29 is 4.79 Å². The van der Waals surface area contributed by atoms with Gasteiger partial charge < -0.3 is 11.1 Å². The molecule has 1 unspecified atom stereocenters. The first-order valence-electron chi connectivity index (χ1n) is 4.88. The molecule has 1 aliphatic carbocycles. The lowest BCUT2D eigenvalue weighted by Gasteiger charge is -2.13. The third-order valence-corrected chi connectivity index (χ3v) is 2.32. The lowest BCUT2D eigenvalue weighted by atomic mass is 10.0. The van der Waals surface area contributed by atoms with E-state index in [1.165, 1.54) is 0 Å². The molecular weight excluding hydrogens is 164 g/mol. The van der Waals surface area contributed by atoms with Crippen LogP contribution >= 0.6 is 0 Å². The van der Waals surface area contributed by atoms with Crippen molar-refractivity contribution in [1.29, 1.82) is 0 Å². The molecule has 1 amide bonds. The second kappa shape index (κ2) is 5.02.